The Kier molecular flexibility index (Phi) is 2.62. The number of aliphatic hydroxyl groups is 1. The van der Waals surface area contributed by atoms with E-state index in [0.29, 0.717) is 12.8 Å². The smallest absolute Gasteiger partial charge is 0.165 e. The van der Waals surface area contributed by atoms with Crippen molar-refractivity contribution in [2.45, 2.75) is 45.1 Å². The first-order valence-electron chi connectivity index (χ1n) is 4.83. The second-order valence-electron chi connectivity index (χ2n) is 4.42. The van der Waals surface area contributed by atoms with Crippen LogP contribution in [0.5, 0.6) is 0 Å². The molecule has 0 aromatic heterocycles. The van der Waals surface area contributed by atoms with E-state index in [4.69, 9.17) is 0 Å². The third-order valence-corrected chi connectivity index (χ3v) is 3.23. The van der Waals surface area contributed by atoms with E-state index in [9.17, 15) is 9.90 Å². The molecule has 0 bridgehead atoms. The molecule has 0 spiro atoms. The van der Waals surface area contributed by atoms with Crippen LogP contribution < -0.4 is 0 Å². The maximum Gasteiger partial charge on any atom is 0.165 e. The molecule has 74 valence electrons. The molecule has 1 unspecified atom stereocenters. The van der Waals surface area contributed by atoms with E-state index in [-0.39, 0.29) is 5.78 Å². The molecule has 0 aromatic carbocycles. The Labute approximate surface area is 79.6 Å². The first-order valence-corrected chi connectivity index (χ1v) is 4.83. The number of carbonyl (C=O) groups is 1. The van der Waals surface area contributed by atoms with E-state index in [1.54, 1.807) is 6.08 Å². The van der Waals surface area contributed by atoms with E-state index in [2.05, 4.69) is 6.58 Å². The summed E-state index contributed by atoms with van der Waals surface area (Å²) in [5, 5.41) is 10.2. The van der Waals surface area contributed by atoms with Gasteiger partial charge in [0.15, 0.2) is 5.78 Å². The summed E-state index contributed by atoms with van der Waals surface area (Å²) in [6, 6.07) is 0. The van der Waals surface area contributed by atoms with Crippen molar-refractivity contribution in [3.05, 3.63) is 12.7 Å². The van der Waals surface area contributed by atoms with Gasteiger partial charge in [0.25, 0.3) is 0 Å². The summed E-state index contributed by atoms with van der Waals surface area (Å²) in [5.41, 5.74) is -1.68. The molecule has 1 rings (SSSR count). The molecule has 0 heterocycles. The monoisotopic (exact) mass is 182 g/mol. The molecule has 1 N–H and O–H groups in total. The number of rotatable bonds is 2. The van der Waals surface area contributed by atoms with Gasteiger partial charge in [0, 0.05) is 11.8 Å². The summed E-state index contributed by atoms with van der Waals surface area (Å²) >= 11 is 0. The summed E-state index contributed by atoms with van der Waals surface area (Å²) in [6.45, 7) is 7.40. The van der Waals surface area contributed by atoms with Crippen molar-refractivity contribution in [2.24, 2.45) is 5.41 Å². The average Bonchev–Trinajstić information content (AvgIpc) is 2.10. The van der Waals surface area contributed by atoms with Crippen LogP contribution in [0, 0.1) is 5.41 Å². The molecule has 13 heavy (non-hydrogen) atoms. The Morgan fingerprint density at radius 1 is 1.54 bits per heavy atom. The van der Waals surface area contributed by atoms with Gasteiger partial charge in [-0.25, -0.2) is 0 Å². The predicted molar refractivity (Wildman–Crippen MR) is 52.4 cm³/mol. The molecular formula is C11H18O2. The van der Waals surface area contributed by atoms with Crippen molar-refractivity contribution in [3.8, 4) is 0 Å². The van der Waals surface area contributed by atoms with Crippen molar-refractivity contribution in [1.82, 2.24) is 0 Å². The number of hydrogen-bond acceptors (Lipinski definition) is 2. The lowest BCUT2D eigenvalue weighted by Gasteiger charge is -2.41. The quantitative estimate of drug-likeness (QED) is 0.664. The fraction of sp³-hybridized carbons (Fsp3) is 0.727. The number of ketones is 1. The van der Waals surface area contributed by atoms with Gasteiger partial charge in [-0.1, -0.05) is 19.9 Å². The highest BCUT2D eigenvalue weighted by molar-refractivity contribution is 5.88. The third kappa shape index (κ3) is 1.55. The normalized spacial score (nSPS) is 30.2. The van der Waals surface area contributed by atoms with Crippen LogP contribution in [0.4, 0.5) is 0 Å². The third-order valence-electron chi connectivity index (χ3n) is 3.23. The van der Waals surface area contributed by atoms with Crippen LogP contribution >= 0.6 is 0 Å². The molecular weight excluding hydrogens is 164 g/mol. The summed E-state index contributed by atoms with van der Waals surface area (Å²) in [5.74, 6) is -0.0244. The van der Waals surface area contributed by atoms with Crippen molar-refractivity contribution >= 4 is 5.78 Å². The van der Waals surface area contributed by atoms with E-state index in [0.717, 1.165) is 12.8 Å². The topological polar surface area (TPSA) is 37.3 Å². The molecule has 1 fully saturated rings. The van der Waals surface area contributed by atoms with Crippen LogP contribution in [0.3, 0.4) is 0 Å². The van der Waals surface area contributed by atoms with E-state index < -0.39 is 11.0 Å². The SMILES string of the molecule is C=CC(C)(C)C1(O)CCCCC1=O. The summed E-state index contributed by atoms with van der Waals surface area (Å²) < 4.78 is 0. The van der Waals surface area contributed by atoms with Gasteiger partial charge in [0.1, 0.15) is 5.60 Å². The largest absolute Gasteiger partial charge is 0.381 e. The second kappa shape index (κ2) is 3.26. The molecule has 0 saturated heterocycles. The molecule has 0 amide bonds. The Balaban J connectivity index is 2.96. The number of Topliss-reactive ketones (excluding diaryl/α,β-unsaturated/α-hetero) is 1. The van der Waals surface area contributed by atoms with E-state index >= 15 is 0 Å². The maximum atomic E-state index is 11.6. The van der Waals surface area contributed by atoms with E-state index in [1.165, 1.54) is 0 Å². The number of hydrogen-bond donors (Lipinski definition) is 1. The Bertz CT molecular complexity index is 230. The van der Waals surface area contributed by atoms with Gasteiger partial charge < -0.3 is 5.11 Å². The average molecular weight is 182 g/mol. The zero-order valence-electron chi connectivity index (χ0n) is 8.47. The standard InChI is InChI=1S/C11H18O2/c1-4-10(2,3)11(13)8-6-5-7-9(11)12/h4,13H,1,5-8H2,2-3H3. The summed E-state index contributed by atoms with van der Waals surface area (Å²) in [7, 11) is 0. The first-order chi connectivity index (χ1) is 5.94. The zero-order valence-corrected chi connectivity index (χ0v) is 8.47. The fourth-order valence-corrected chi connectivity index (χ4v) is 1.86. The molecule has 0 radical (unpaired) electrons. The maximum absolute atomic E-state index is 11.6. The Hall–Kier alpha value is -0.630. The van der Waals surface area contributed by atoms with Gasteiger partial charge in [0.05, 0.1) is 0 Å². The Morgan fingerprint density at radius 2 is 2.15 bits per heavy atom. The summed E-state index contributed by atoms with van der Waals surface area (Å²) in [4.78, 5) is 11.6. The van der Waals surface area contributed by atoms with Gasteiger partial charge >= 0.3 is 0 Å². The fourth-order valence-electron chi connectivity index (χ4n) is 1.86. The first kappa shape index (κ1) is 10.5. The lowest BCUT2D eigenvalue weighted by atomic mass is 9.66. The molecule has 1 saturated carbocycles. The molecule has 2 heteroatoms. The number of carbonyl (C=O) groups excluding carboxylic acids is 1. The van der Waals surface area contributed by atoms with Crippen molar-refractivity contribution < 1.29 is 9.90 Å². The molecule has 1 aliphatic rings. The summed E-state index contributed by atoms with van der Waals surface area (Å²) in [6.07, 6.45) is 4.60. The minimum absolute atomic E-state index is 0.0244. The van der Waals surface area contributed by atoms with E-state index in [1.807, 2.05) is 13.8 Å². The molecule has 1 aliphatic carbocycles. The highest BCUT2D eigenvalue weighted by atomic mass is 16.3. The lowest BCUT2D eigenvalue weighted by Crippen LogP contribution is -2.52. The van der Waals surface area contributed by atoms with Crippen LogP contribution in [0.2, 0.25) is 0 Å². The highest BCUT2D eigenvalue weighted by Crippen LogP contribution is 2.40. The lowest BCUT2D eigenvalue weighted by molar-refractivity contribution is -0.152. The minimum atomic E-state index is -1.17. The van der Waals surface area contributed by atoms with Crippen LogP contribution in [-0.2, 0) is 4.79 Å². The van der Waals surface area contributed by atoms with Crippen molar-refractivity contribution in [2.75, 3.05) is 0 Å². The molecule has 0 aliphatic heterocycles. The second-order valence-corrected chi connectivity index (χ2v) is 4.42. The Morgan fingerprint density at radius 3 is 2.62 bits per heavy atom. The van der Waals surface area contributed by atoms with Crippen molar-refractivity contribution in [3.63, 3.8) is 0 Å². The van der Waals surface area contributed by atoms with Gasteiger partial charge in [-0.2, -0.15) is 0 Å². The van der Waals surface area contributed by atoms with Crippen molar-refractivity contribution in [1.29, 1.82) is 0 Å². The van der Waals surface area contributed by atoms with Gasteiger partial charge in [-0.15, -0.1) is 6.58 Å². The van der Waals surface area contributed by atoms with Gasteiger partial charge in [0.2, 0.25) is 0 Å². The molecule has 1 atom stereocenters. The molecule has 2 nitrogen and oxygen atoms in total. The van der Waals surface area contributed by atoms with Crippen LogP contribution in [-0.4, -0.2) is 16.5 Å². The molecule has 0 aromatic rings. The zero-order chi connectivity index (χ0) is 10.1. The van der Waals surface area contributed by atoms with Crippen LogP contribution in [0.25, 0.3) is 0 Å². The highest BCUT2D eigenvalue weighted by Gasteiger charge is 2.48. The van der Waals surface area contributed by atoms with Crippen LogP contribution in [0.1, 0.15) is 39.5 Å². The minimum Gasteiger partial charge on any atom is -0.381 e. The predicted octanol–water partition coefficient (Wildman–Crippen LogP) is 2.07. The van der Waals surface area contributed by atoms with Crippen LogP contribution in [0.15, 0.2) is 12.7 Å². The van der Waals surface area contributed by atoms with Gasteiger partial charge in [-0.3, -0.25) is 4.79 Å². The van der Waals surface area contributed by atoms with Gasteiger partial charge in [-0.05, 0) is 19.3 Å².